The van der Waals surface area contributed by atoms with Crippen molar-refractivity contribution in [2.24, 2.45) is 0 Å². The van der Waals surface area contributed by atoms with E-state index in [1.54, 1.807) is 0 Å². The van der Waals surface area contributed by atoms with E-state index in [-0.39, 0.29) is 22.8 Å². The lowest BCUT2D eigenvalue weighted by molar-refractivity contribution is -0.136. The quantitative estimate of drug-likeness (QED) is 0.513. The highest BCUT2D eigenvalue weighted by atomic mass is 19.1. The zero-order valence-corrected chi connectivity index (χ0v) is 16.3. The van der Waals surface area contributed by atoms with E-state index in [0.717, 1.165) is 12.0 Å². The Morgan fingerprint density at radius 1 is 1.13 bits per heavy atom. The van der Waals surface area contributed by atoms with Crippen LogP contribution in [0.5, 0.6) is 0 Å². The molecule has 152 valence electrons. The molecule has 2 heterocycles. The number of carbonyl (C=O) groups is 2. The van der Waals surface area contributed by atoms with Crippen LogP contribution >= 0.6 is 0 Å². The SMILES string of the molecule is CCc1ccc([C@@H]2C(C(=O)c3ccc(F)cc3)=C(C(=O)OC)Nc3nnnn32)cc1. The second-order valence-corrected chi connectivity index (χ2v) is 6.69. The fourth-order valence-corrected chi connectivity index (χ4v) is 3.39. The zero-order chi connectivity index (χ0) is 21.3. The van der Waals surface area contributed by atoms with Gasteiger partial charge in [0.2, 0.25) is 5.95 Å². The first-order valence-electron chi connectivity index (χ1n) is 9.30. The molecule has 1 N–H and O–H groups in total. The van der Waals surface area contributed by atoms with E-state index in [1.165, 1.54) is 36.1 Å². The molecular formula is C21H18FN5O3. The number of fused-ring (bicyclic) bond motifs is 1. The highest BCUT2D eigenvalue weighted by Crippen LogP contribution is 2.36. The molecule has 0 bridgehead atoms. The third-order valence-electron chi connectivity index (χ3n) is 4.96. The number of tetrazole rings is 1. The monoisotopic (exact) mass is 407 g/mol. The number of aromatic nitrogens is 4. The number of Topliss-reactive ketones (excluding diaryl/α,β-unsaturated/α-hetero) is 1. The maximum Gasteiger partial charge on any atom is 0.355 e. The van der Waals surface area contributed by atoms with Crippen LogP contribution in [0.3, 0.4) is 0 Å². The summed E-state index contributed by atoms with van der Waals surface area (Å²) in [5.74, 6) is -1.46. The number of rotatable bonds is 5. The third-order valence-corrected chi connectivity index (χ3v) is 4.96. The highest BCUT2D eigenvalue weighted by Gasteiger charge is 2.38. The van der Waals surface area contributed by atoms with Gasteiger partial charge in [-0.1, -0.05) is 36.3 Å². The minimum atomic E-state index is -0.770. The van der Waals surface area contributed by atoms with Gasteiger partial charge in [-0.05, 0) is 52.2 Å². The molecule has 4 rings (SSSR count). The standard InChI is InChI=1S/C21H18FN5O3/c1-3-12-4-6-13(7-5-12)18-16(19(28)14-8-10-15(22)11-9-14)17(20(29)30-2)23-21-24-25-26-27(18)21/h4-11,18H,3H2,1-2H3,(H,23,24,26)/t18-/m1/s1. The number of hydrogen-bond acceptors (Lipinski definition) is 7. The summed E-state index contributed by atoms with van der Waals surface area (Å²) >= 11 is 0. The van der Waals surface area contributed by atoms with Crippen LogP contribution in [0.15, 0.2) is 59.8 Å². The van der Waals surface area contributed by atoms with Crippen LogP contribution in [0.25, 0.3) is 0 Å². The number of carbonyl (C=O) groups excluding carboxylic acids is 2. The number of allylic oxidation sites excluding steroid dienone is 1. The van der Waals surface area contributed by atoms with E-state index in [4.69, 9.17) is 4.74 Å². The Bertz CT molecular complexity index is 1140. The van der Waals surface area contributed by atoms with Gasteiger partial charge in [0.25, 0.3) is 0 Å². The van der Waals surface area contributed by atoms with E-state index in [1.807, 2.05) is 31.2 Å². The number of ketones is 1. The number of benzene rings is 2. The molecule has 0 amide bonds. The molecule has 2 aromatic carbocycles. The van der Waals surface area contributed by atoms with Gasteiger partial charge in [0.15, 0.2) is 5.78 Å². The largest absolute Gasteiger partial charge is 0.464 e. The lowest BCUT2D eigenvalue weighted by Gasteiger charge is -2.28. The molecule has 0 saturated carbocycles. The molecule has 1 aromatic heterocycles. The molecule has 30 heavy (non-hydrogen) atoms. The summed E-state index contributed by atoms with van der Waals surface area (Å²) in [5.41, 5.74) is 2.11. The molecule has 1 aliphatic heterocycles. The van der Waals surface area contributed by atoms with E-state index in [9.17, 15) is 14.0 Å². The van der Waals surface area contributed by atoms with Gasteiger partial charge in [-0.2, -0.15) is 4.68 Å². The first kappa shape index (κ1) is 19.4. The summed E-state index contributed by atoms with van der Waals surface area (Å²) in [7, 11) is 1.22. The molecule has 1 atom stereocenters. The van der Waals surface area contributed by atoms with Crippen molar-refractivity contribution in [2.75, 3.05) is 12.4 Å². The number of anilines is 1. The van der Waals surface area contributed by atoms with Crippen LogP contribution in [0.1, 0.15) is 34.5 Å². The maximum absolute atomic E-state index is 13.5. The Labute approximate surface area is 171 Å². The molecule has 1 aliphatic rings. The average molecular weight is 407 g/mol. The number of nitrogens with one attached hydrogen (secondary N) is 1. The summed E-state index contributed by atoms with van der Waals surface area (Å²) in [4.78, 5) is 26.0. The predicted molar refractivity (Wildman–Crippen MR) is 105 cm³/mol. The van der Waals surface area contributed by atoms with E-state index < -0.39 is 23.6 Å². The normalized spacial score (nSPS) is 15.4. The number of halogens is 1. The van der Waals surface area contributed by atoms with Crippen molar-refractivity contribution in [3.8, 4) is 0 Å². The van der Waals surface area contributed by atoms with Crippen molar-refractivity contribution in [3.63, 3.8) is 0 Å². The lowest BCUT2D eigenvalue weighted by Crippen LogP contribution is -2.33. The lowest BCUT2D eigenvalue weighted by atomic mass is 9.89. The third kappa shape index (κ3) is 3.34. The first-order valence-corrected chi connectivity index (χ1v) is 9.30. The van der Waals surface area contributed by atoms with Crippen molar-refractivity contribution >= 4 is 17.7 Å². The van der Waals surface area contributed by atoms with Crippen LogP contribution in [0, 0.1) is 5.82 Å². The van der Waals surface area contributed by atoms with Gasteiger partial charge in [0.1, 0.15) is 17.6 Å². The number of aryl methyl sites for hydroxylation is 1. The number of esters is 1. The minimum absolute atomic E-state index is 0.0568. The van der Waals surface area contributed by atoms with Crippen molar-refractivity contribution in [2.45, 2.75) is 19.4 Å². The maximum atomic E-state index is 13.5. The van der Waals surface area contributed by atoms with Crippen molar-refractivity contribution < 1.29 is 18.7 Å². The predicted octanol–water partition coefficient (Wildman–Crippen LogP) is 2.70. The van der Waals surface area contributed by atoms with Crippen molar-refractivity contribution in [1.29, 1.82) is 0 Å². The van der Waals surface area contributed by atoms with Gasteiger partial charge >= 0.3 is 5.97 Å². The molecule has 9 heteroatoms. The van der Waals surface area contributed by atoms with Crippen LogP contribution in [0.4, 0.5) is 10.3 Å². The molecule has 0 fully saturated rings. The fourth-order valence-electron chi connectivity index (χ4n) is 3.39. The van der Waals surface area contributed by atoms with Crippen molar-refractivity contribution in [1.82, 2.24) is 20.2 Å². The van der Waals surface area contributed by atoms with Crippen LogP contribution in [-0.2, 0) is 16.0 Å². The number of hydrogen-bond donors (Lipinski definition) is 1. The molecular weight excluding hydrogens is 389 g/mol. The van der Waals surface area contributed by atoms with Gasteiger partial charge in [0.05, 0.1) is 12.7 Å². The molecule has 0 radical (unpaired) electrons. The Morgan fingerprint density at radius 2 is 1.83 bits per heavy atom. The van der Waals surface area contributed by atoms with Gasteiger partial charge in [0, 0.05) is 5.56 Å². The van der Waals surface area contributed by atoms with E-state index in [2.05, 4.69) is 20.8 Å². The molecule has 0 aliphatic carbocycles. The number of ether oxygens (including phenoxy) is 1. The summed E-state index contributed by atoms with van der Waals surface area (Å²) in [5, 5.41) is 14.4. The highest BCUT2D eigenvalue weighted by molar-refractivity contribution is 6.14. The van der Waals surface area contributed by atoms with E-state index in [0.29, 0.717) is 5.56 Å². The van der Waals surface area contributed by atoms with Gasteiger partial charge in [-0.15, -0.1) is 0 Å². The summed E-state index contributed by atoms with van der Waals surface area (Å²) in [6.45, 7) is 2.04. The Balaban J connectivity index is 1.92. The summed E-state index contributed by atoms with van der Waals surface area (Å²) in [6, 6.07) is 12.0. The fraction of sp³-hybridized carbons (Fsp3) is 0.190. The molecule has 0 unspecified atom stereocenters. The second kappa shape index (κ2) is 7.86. The van der Waals surface area contributed by atoms with Gasteiger partial charge in [-0.25, -0.2) is 9.18 Å². The zero-order valence-electron chi connectivity index (χ0n) is 16.3. The van der Waals surface area contributed by atoms with Gasteiger partial charge < -0.3 is 10.1 Å². The van der Waals surface area contributed by atoms with E-state index >= 15 is 0 Å². The average Bonchev–Trinajstić information content (AvgIpc) is 3.26. The molecule has 0 spiro atoms. The Hall–Kier alpha value is -3.88. The summed E-state index contributed by atoms with van der Waals surface area (Å²) in [6.07, 6.45) is 0.854. The topological polar surface area (TPSA) is 99.0 Å². The van der Waals surface area contributed by atoms with Gasteiger partial charge in [-0.3, -0.25) is 4.79 Å². The first-order chi connectivity index (χ1) is 14.5. The Morgan fingerprint density at radius 3 is 2.47 bits per heavy atom. The van der Waals surface area contributed by atoms with Crippen molar-refractivity contribution in [3.05, 3.63) is 82.3 Å². The summed E-state index contributed by atoms with van der Waals surface area (Å²) < 4.78 is 19.7. The van der Waals surface area contributed by atoms with Crippen LogP contribution < -0.4 is 5.32 Å². The van der Waals surface area contributed by atoms with Crippen LogP contribution in [0.2, 0.25) is 0 Å². The molecule has 3 aromatic rings. The smallest absolute Gasteiger partial charge is 0.355 e. The van der Waals surface area contributed by atoms with Crippen LogP contribution in [-0.4, -0.2) is 39.1 Å². The molecule has 8 nitrogen and oxygen atoms in total. The second-order valence-electron chi connectivity index (χ2n) is 6.69. The number of methoxy groups -OCH3 is 1. The number of nitrogens with zero attached hydrogens (tertiary/aromatic N) is 4. The minimum Gasteiger partial charge on any atom is -0.464 e. The Kier molecular flexibility index (Phi) is 5.09. The molecule has 0 saturated heterocycles.